The van der Waals surface area contributed by atoms with E-state index in [9.17, 15) is 60.7 Å². The lowest BCUT2D eigenvalue weighted by Crippen LogP contribution is -2.62. The Hall–Kier alpha value is -1.00. The standard InChI is InChI=1S/C29H51NO5S.2C29H53NO4S/c1-7-20-24-16-19(31)12-14-29(24,6)23-13-15-28(5)21(9-10-22(28)26(23)27(20)33)18(4)8-11-25(32)30-36(34,35)17(2)3;2*1-7-21-25-17-20(31)12-14-29(25,6)24-13-15-28(5)22(10-11-23(28)26(24)27(21)32)19(4)9-8-16-30-35(33,34)18(2)3/h17-24,26-27,31,33H,7-16H2,1-6H3,(H,30,32);2*18-27,30-32H,7-17H2,1-6H3/t18-,19-,20-,21-,22+,23+,24+,26+,27-,28-,29-;2*19-,20-,21-,22-,23+,24+,25+,26+,27-,28-,29-/m111/s1. The molecule has 12 rings (SSSR count). The fourth-order valence-corrected chi connectivity index (χ4v) is 31.9. The van der Waals surface area contributed by atoms with Crippen LogP contribution in [0.5, 0.6) is 0 Å². The van der Waals surface area contributed by atoms with Gasteiger partial charge in [0.1, 0.15) is 0 Å². The summed E-state index contributed by atoms with van der Waals surface area (Å²) in [5.74, 6) is 9.50. The summed E-state index contributed by atoms with van der Waals surface area (Å²) in [5.41, 5.74) is 1.40. The number of nitrogens with one attached hydrogen (secondary N) is 3. The second-order valence-corrected chi connectivity index (χ2v) is 48.1. The van der Waals surface area contributed by atoms with Crippen LogP contribution in [-0.2, 0) is 34.9 Å². The van der Waals surface area contributed by atoms with Gasteiger partial charge in [0.25, 0.3) is 0 Å². The lowest BCUT2D eigenvalue weighted by atomic mass is 9.41. The van der Waals surface area contributed by atoms with Crippen molar-refractivity contribution in [2.75, 3.05) is 13.1 Å². The van der Waals surface area contributed by atoms with Gasteiger partial charge in [-0.3, -0.25) is 9.52 Å². The van der Waals surface area contributed by atoms with Crippen LogP contribution in [0.1, 0.15) is 317 Å². The molecule has 0 bridgehead atoms. The molecule has 0 aromatic heterocycles. The smallest absolute Gasteiger partial charge is 0.237 e. The highest BCUT2D eigenvalue weighted by Crippen LogP contribution is 2.74. The topological polar surface area (TPSA) is 277 Å². The van der Waals surface area contributed by atoms with E-state index in [-0.39, 0.29) is 92.0 Å². The van der Waals surface area contributed by atoms with Gasteiger partial charge in [0.15, 0.2) is 0 Å². The molecule has 19 heteroatoms. The first-order chi connectivity index (χ1) is 49.5. The van der Waals surface area contributed by atoms with E-state index in [1.807, 2.05) is 0 Å². The first-order valence-corrected chi connectivity index (χ1v) is 48.7. The summed E-state index contributed by atoms with van der Waals surface area (Å²) in [5, 5.41) is 65.6. The molecule has 12 fully saturated rings. The third-order valence-corrected chi connectivity index (χ3v) is 41.1. The van der Waals surface area contributed by atoms with Crippen molar-refractivity contribution >= 4 is 36.0 Å². The van der Waals surface area contributed by atoms with E-state index in [1.165, 1.54) is 51.4 Å². The van der Waals surface area contributed by atoms with Crippen LogP contribution in [0.15, 0.2) is 0 Å². The van der Waals surface area contributed by atoms with Crippen LogP contribution in [0.25, 0.3) is 0 Å². The van der Waals surface area contributed by atoms with Crippen molar-refractivity contribution in [3.05, 3.63) is 0 Å². The maximum absolute atomic E-state index is 12.4. The molecule has 616 valence electrons. The van der Waals surface area contributed by atoms with E-state index in [1.54, 1.807) is 41.5 Å². The lowest BCUT2D eigenvalue weighted by Gasteiger charge is -2.64. The van der Waals surface area contributed by atoms with Gasteiger partial charge in [-0.25, -0.2) is 34.7 Å². The zero-order valence-electron chi connectivity index (χ0n) is 69.7. The highest BCUT2D eigenvalue weighted by Gasteiger charge is 2.69. The number of carbonyl (C=O) groups excluding carboxylic acids is 1. The normalized spacial score (nSPS) is 46.3. The summed E-state index contributed by atoms with van der Waals surface area (Å²) < 4.78 is 80.3. The van der Waals surface area contributed by atoms with Crippen molar-refractivity contribution in [2.24, 2.45) is 157 Å². The van der Waals surface area contributed by atoms with Gasteiger partial charge in [-0.15, -0.1) is 0 Å². The number of amides is 1. The first kappa shape index (κ1) is 87.4. The van der Waals surface area contributed by atoms with Crippen molar-refractivity contribution in [2.45, 2.75) is 370 Å². The van der Waals surface area contributed by atoms with Crippen LogP contribution in [0, 0.1) is 157 Å². The largest absolute Gasteiger partial charge is 0.393 e. The van der Waals surface area contributed by atoms with Gasteiger partial charge in [-0.05, 0) is 365 Å². The zero-order valence-corrected chi connectivity index (χ0v) is 72.2. The molecule has 0 unspecified atom stereocenters. The molecule has 0 heterocycles. The van der Waals surface area contributed by atoms with Gasteiger partial charge in [-0.1, -0.05) is 102 Å². The zero-order chi connectivity index (χ0) is 78.1. The minimum absolute atomic E-state index is 0.151. The van der Waals surface area contributed by atoms with Crippen molar-refractivity contribution in [1.29, 1.82) is 0 Å². The molecule has 0 aromatic rings. The summed E-state index contributed by atoms with van der Waals surface area (Å²) in [6.07, 6.45) is 29.5. The maximum Gasteiger partial charge on any atom is 0.237 e. The monoisotopic (exact) mass is 1550 g/mol. The van der Waals surface area contributed by atoms with Gasteiger partial charge in [0, 0.05) is 19.5 Å². The minimum Gasteiger partial charge on any atom is -0.393 e. The average molecular weight is 1550 g/mol. The van der Waals surface area contributed by atoms with Gasteiger partial charge in [0.2, 0.25) is 36.0 Å². The van der Waals surface area contributed by atoms with Gasteiger partial charge >= 0.3 is 0 Å². The van der Waals surface area contributed by atoms with E-state index in [2.05, 4.69) is 97.3 Å². The van der Waals surface area contributed by atoms with E-state index >= 15 is 0 Å². The molecule has 12 saturated carbocycles. The van der Waals surface area contributed by atoms with E-state index < -0.39 is 41.2 Å². The minimum atomic E-state index is -3.58. The number of sulfonamides is 3. The Labute approximate surface area is 646 Å². The molecule has 0 radical (unpaired) electrons. The summed E-state index contributed by atoms with van der Waals surface area (Å²) in [6.45, 7) is 39.8. The number of aliphatic hydroxyl groups is 6. The van der Waals surface area contributed by atoms with Crippen molar-refractivity contribution in [1.82, 2.24) is 14.2 Å². The Morgan fingerprint density at radius 3 is 0.896 bits per heavy atom. The Morgan fingerprint density at radius 1 is 0.358 bits per heavy atom. The molecule has 106 heavy (non-hydrogen) atoms. The Bertz CT molecular complexity index is 3150. The molecule has 9 N–H and O–H groups in total. The van der Waals surface area contributed by atoms with Crippen LogP contribution in [0.2, 0.25) is 0 Å². The van der Waals surface area contributed by atoms with Crippen LogP contribution >= 0.6 is 0 Å². The highest BCUT2D eigenvalue weighted by atomic mass is 32.2. The number of hydrogen-bond donors (Lipinski definition) is 9. The molecule has 12 aliphatic carbocycles. The molecule has 0 aromatic carbocycles. The number of fused-ring (bicyclic) bond motifs is 15. The van der Waals surface area contributed by atoms with E-state index in [4.69, 9.17) is 0 Å². The summed E-state index contributed by atoms with van der Waals surface area (Å²) >= 11 is 0. The summed E-state index contributed by atoms with van der Waals surface area (Å²) in [7, 11) is -9.96. The molecule has 12 aliphatic rings. The predicted octanol–water partition coefficient (Wildman–Crippen LogP) is 15.6. The predicted molar refractivity (Wildman–Crippen MR) is 427 cm³/mol. The number of aliphatic hydroxyl groups excluding tert-OH is 6. The number of carbonyl (C=O) groups is 1. The molecular formula is C87H157N3O13S3. The SMILES string of the molecule is CC[C@H]1[C@@H](O)[C@@H]2[C@H](CC[C@]3(C)[C@@H]([C@H](C)CCC(=O)NS(=O)(=O)C(C)C)CC[C@@H]23)[C@@]2(C)CC[C@@H](O)C[C@@H]12.CC[C@H]1[C@@H](O)[C@@H]2[C@H](CC[C@]3(C)[C@@H]([C@H](C)CCCNS(=O)(=O)C(C)C)CC[C@@H]23)[C@@]2(C)CC[C@@H](O)C[C@@H]12.CC[C@H]1[C@@H](O)[C@@H]2[C@H](CC[C@]3(C)[C@@H]([C@H](C)CCCNS(=O)(=O)C(C)C)CC[C@@H]23)[C@@]2(C)CC[C@@H](O)C[C@@H]12. The van der Waals surface area contributed by atoms with Crippen molar-refractivity contribution in [3.8, 4) is 0 Å². The van der Waals surface area contributed by atoms with Gasteiger partial charge in [0.05, 0.1) is 52.4 Å². The molecule has 0 spiro atoms. The Kier molecular flexibility index (Phi) is 27.8. The highest BCUT2D eigenvalue weighted by molar-refractivity contribution is 7.90. The molecule has 33 atom stereocenters. The quantitative estimate of drug-likeness (QED) is 0.0431. The number of rotatable bonds is 23. The average Bonchev–Trinajstić information content (AvgIpc) is 1.34. The first-order valence-electron chi connectivity index (χ1n) is 44.1. The van der Waals surface area contributed by atoms with E-state index in [0.717, 1.165) is 128 Å². The van der Waals surface area contributed by atoms with Crippen LogP contribution in [-0.4, -0.2) is 127 Å². The summed E-state index contributed by atoms with van der Waals surface area (Å²) in [4.78, 5) is 12.4. The van der Waals surface area contributed by atoms with Crippen LogP contribution < -0.4 is 14.2 Å². The van der Waals surface area contributed by atoms with E-state index in [0.29, 0.717) is 138 Å². The fraction of sp³-hybridized carbons (Fsp3) is 0.989. The Morgan fingerprint density at radius 2 is 0.623 bits per heavy atom. The lowest BCUT2D eigenvalue weighted by molar-refractivity contribution is -0.203. The van der Waals surface area contributed by atoms with Gasteiger partial charge < -0.3 is 30.6 Å². The molecule has 16 nitrogen and oxygen atoms in total. The third-order valence-electron chi connectivity index (χ3n) is 35.7. The number of hydrogen-bond acceptors (Lipinski definition) is 13. The third kappa shape index (κ3) is 16.4. The second kappa shape index (κ2) is 33.7. The Balaban J connectivity index is 0.000000170. The summed E-state index contributed by atoms with van der Waals surface area (Å²) in [6, 6.07) is 0. The molecule has 1 amide bonds. The van der Waals surface area contributed by atoms with Crippen molar-refractivity contribution in [3.63, 3.8) is 0 Å². The molecular weight excluding hydrogens is 1390 g/mol. The van der Waals surface area contributed by atoms with Crippen molar-refractivity contribution < 1.29 is 60.7 Å². The second-order valence-electron chi connectivity index (χ2n) is 41.2. The molecule has 0 saturated heterocycles. The fourth-order valence-electron chi connectivity index (χ4n) is 29.7. The molecule has 0 aliphatic heterocycles. The van der Waals surface area contributed by atoms with Crippen LogP contribution in [0.4, 0.5) is 0 Å². The van der Waals surface area contributed by atoms with Crippen LogP contribution in [0.3, 0.4) is 0 Å². The van der Waals surface area contributed by atoms with Gasteiger partial charge in [-0.2, -0.15) is 0 Å². The maximum atomic E-state index is 12.4.